The summed E-state index contributed by atoms with van der Waals surface area (Å²) in [5.74, 6) is 2.50. The number of likely N-dealkylation sites (tertiary alicyclic amines) is 2. The van der Waals surface area contributed by atoms with E-state index in [1.165, 1.54) is 9.80 Å². The first-order chi connectivity index (χ1) is 13.2. The van der Waals surface area contributed by atoms with Crippen molar-refractivity contribution in [2.75, 3.05) is 39.0 Å². The SMILES string of the molecule is CN=C(NCCN1C(=O)CCCC1=O)N1CCC(CSc2ccccc2)C1.I. The molecule has 1 aromatic carbocycles. The van der Waals surface area contributed by atoms with Gasteiger partial charge in [-0.2, -0.15) is 0 Å². The molecule has 8 heteroatoms. The van der Waals surface area contributed by atoms with Gasteiger partial charge in [-0.1, -0.05) is 18.2 Å². The Bertz CT molecular complexity index is 670. The van der Waals surface area contributed by atoms with E-state index in [9.17, 15) is 9.59 Å². The highest BCUT2D eigenvalue weighted by atomic mass is 127. The van der Waals surface area contributed by atoms with Gasteiger partial charge in [0, 0.05) is 56.7 Å². The molecule has 0 aromatic heterocycles. The topological polar surface area (TPSA) is 65.0 Å². The Morgan fingerprint density at radius 2 is 1.93 bits per heavy atom. The molecule has 6 nitrogen and oxygen atoms in total. The van der Waals surface area contributed by atoms with E-state index in [1.807, 2.05) is 17.8 Å². The van der Waals surface area contributed by atoms with E-state index in [4.69, 9.17) is 0 Å². The third-order valence-corrected chi connectivity index (χ3v) is 6.27. The molecular weight excluding hydrogens is 487 g/mol. The number of imide groups is 1. The Kier molecular flexibility index (Phi) is 9.57. The van der Waals surface area contributed by atoms with Crippen LogP contribution in [0.1, 0.15) is 25.7 Å². The minimum atomic E-state index is -0.0535. The van der Waals surface area contributed by atoms with Gasteiger partial charge in [0.05, 0.1) is 0 Å². The van der Waals surface area contributed by atoms with Crippen molar-refractivity contribution < 1.29 is 9.59 Å². The zero-order valence-electron chi connectivity index (χ0n) is 16.3. The maximum atomic E-state index is 11.9. The van der Waals surface area contributed by atoms with Gasteiger partial charge >= 0.3 is 0 Å². The molecule has 2 aliphatic rings. The van der Waals surface area contributed by atoms with Gasteiger partial charge in [0.2, 0.25) is 11.8 Å². The highest BCUT2D eigenvalue weighted by Gasteiger charge is 2.27. The fourth-order valence-corrected chi connectivity index (χ4v) is 4.60. The summed E-state index contributed by atoms with van der Waals surface area (Å²) in [5, 5.41) is 3.32. The summed E-state index contributed by atoms with van der Waals surface area (Å²) in [7, 11) is 1.78. The number of nitrogens with one attached hydrogen (secondary N) is 1. The van der Waals surface area contributed by atoms with E-state index in [0.717, 1.165) is 31.2 Å². The number of rotatable bonds is 6. The highest BCUT2D eigenvalue weighted by Crippen LogP contribution is 2.25. The molecule has 3 rings (SSSR count). The average Bonchev–Trinajstić information content (AvgIpc) is 3.15. The summed E-state index contributed by atoms with van der Waals surface area (Å²) >= 11 is 1.91. The number of thioether (sulfide) groups is 1. The number of hydrogen-bond donors (Lipinski definition) is 1. The van der Waals surface area contributed by atoms with Gasteiger partial charge in [-0.25, -0.2) is 0 Å². The maximum Gasteiger partial charge on any atom is 0.229 e. The average molecular weight is 516 g/mol. The van der Waals surface area contributed by atoms with Crippen LogP contribution in [0.15, 0.2) is 40.2 Å². The molecule has 2 heterocycles. The van der Waals surface area contributed by atoms with Gasteiger partial charge in [-0.3, -0.25) is 19.5 Å². The molecule has 1 aromatic rings. The summed E-state index contributed by atoms with van der Waals surface area (Å²) in [4.78, 5) is 33.1. The first kappa shape index (κ1) is 23.0. The molecule has 2 amide bonds. The van der Waals surface area contributed by atoms with E-state index in [2.05, 4.69) is 39.5 Å². The van der Waals surface area contributed by atoms with Crippen molar-refractivity contribution in [3.63, 3.8) is 0 Å². The number of aliphatic imine (C=N–C) groups is 1. The Morgan fingerprint density at radius 1 is 1.21 bits per heavy atom. The van der Waals surface area contributed by atoms with Crippen molar-refractivity contribution in [1.82, 2.24) is 15.1 Å². The maximum absolute atomic E-state index is 11.9. The van der Waals surface area contributed by atoms with Gasteiger partial charge in [0.25, 0.3) is 0 Å². The van der Waals surface area contributed by atoms with Gasteiger partial charge in [0.15, 0.2) is 5.96 Å². The van der Waals surface area contributed by atoms with Gasteiger partial charge < -0.3 is 10.2 Å². The number of guanidine groups is 1. The Hall–Kier alpha value is -1.29. The van der Waals surface area contributed by atoms with Crippen LogP contribution in [0.4, 0.5) is 0 Å². The van der Waals surface area contributed by atoms with E-state index >= 15 is 0 Å². The van der Waals surface area contributed by atoms with Crippen molar-refractivity contribution >= 4 is 53.5 Å². The number of carbonyl (C=O) groups is 2. The third-order valence-electron chi connectivity index (χ3n) is 5.03. The van der Waals surface area contributed by atoms with E-state index in [0.29, 0.717) is 38.3 Å². The summed E-state index contributed by atoms with van der Waals surface area (Å²) in [5.41, 5.74) is 0. The summed E-state index contributed by atoms with van der Waals surface area (Å²) in [6.07, 6.45) is 2.80. The predicted octanol–water partition coefficient (Wildman–Crippen LogP) is 2.83. The van der Waals surface area contributed by atoms with Crippen LogP contribution in [-0.4, -0.2) is 66.6 Å². The van der Waals surface area contributed by atoms with Crippen LogP contribution < -0.4 is 5.32 Å². The van der Waals surface area contributed by atoms with Crippen LogP contribution in [0.5, 0.6) is 0 Å². The van der Waals surface area contributed by atoms with Crippen LogP contribution in [0, 0.1) is 5.92 Å². The van der Waals surface area contributed by atoms with E-state index in [-0.39, 0.29) is 35.8 Å². The van der Waals surface area contributed by atoms with Crippen molar-refractivity contribution in [3.05, 3.63) is 30.3 Å². The summed E-state index contributed by atoms with van der Waals surface area (Å²) in [6, 6.07) is 10.5. The molecule has 0 saturated carbocycles. The summed E-state index contributed by atoms with van der Waals surface area (Å²) in [6.45, 7) is 2.93. The quantitative estimate of drug-likeness (QED) is 0.207. The largest absolute Gasteiger partial charge is 0.354 e. The molecule has 1 atom stereocenters. The van der Waals surface area contributed by atoms with Crippen LogP contribution in [0.25, 0.3) is 0 Å². The molecule has 2 aliphatic heterocycles. The first-order valence-electron chi connectivity index (χ1n) is 9.64. The van der Waals surface area contributed by atoms with Crippen LogP contribution in [0.2, 0.25) is 0 Å². The Balaban J connectivity index is 0.00000280. The van der Waals surface area contributed by atoms with Crippen molar-refractivity contribution in [1.29, 1.82) is 0 Å². The predicted molar refractivity (Wildman–Crippen MR) is 124 cm³/mol. The van der Waals surface area contributed by atoms with E-state index < -0.39 is 0 Å². The fraction of sp³-hybridized carbons (Fsp3) is 0.550. The molecule has 154 valence electrons. The van der Waals surface area contributed by atoms with Gasteiger partial charge in [-0.15, -0.1) is 35.7 Å². The monoisotopic (exact) mass is 516 g/mol. The Labute approximate surface area is 188 Å². The second-order valence-electron chi connectivity index (χ2n) is 6.99. The fourth-order valence-electron chi connectivity index (χ4n) is 3.55. The molecule has 2 saturated heterocycles. The van der Waals surface area contributed by atoms with Crippen molar-refractivity contribution in [2.45, 2.75) is 30.6 Å². The second kappa shape index (κ2) is 11.6. The highest BCUT2D eigenvalue weighted by molar-refractivity contribution is 14.0. The number of carbonyl (C=O) groups excluding carboxylic acids is 2. The molecule has 2 fully saturated rings. The lowest BCUT2D eigenvalue weighted by atomic mass is 10.1. The van der Waals surface area contributed by atoms with E-state index in [1.54, 1.807) is 7.05 Å². The zero-order valence-corrected chi connectivity index (χ0v) is 19.4. The third kappa shape index (κ3) is 6.37. The number of piperidine rings is 1. The van der Waals surface area contributed by atoms with Gasteiger partial charge in [0.1, 0.15) is 0 Å². The molecule has 0 radical (unpaired) electrons. The minimum absolute atomic E-state index is 0. The molecule has 0 aliphatic carbocycles. The summed E-state index contributed by atoms with van der Waals surface area (Å²) < 4.78 is 0. The number of halogens is 1. The van der Waals surface area contributed by atoms with Crippen molar-refractivity contribution in [2.24, 2.45) is 10.9 Å². The zero-order chi connectivity index (χ0) is 19.1. The molecule has 1 N–H and O–H groups in total. The molecule has 0 bridgehead atoms. The van der Waals surface area contributed by atoms with Crippen LogP contribution in [0.3, 0.4) is 0 Å². The second-order valence-corrected chi connectivity index (χ2v) is 8.08. The number of amides is 2. The van der Waals surface area contributed by atoms with Gasteiger partial charge in [-0.05, 0) is 30.9 Å². The van der Waals surface area contributed by atoms with Crippen LogP contribution in [-0.2, 0) is 9.59 Å². The number of hydrogen-bond acceptors (Lipinski definition) is 4. The van der Waals surface area contributed by atoms with Crippen molar-refractivity contribution in [3.8, 4) is 0 Å². The Morgan fingerprint density at radius 3 is 2.61 bits per heavy atom. The molecule has 28 heavy (non-hydrogen) atoms. The molecule has 1 unspecified atom stereocenters. The smallest absolute Gasteiger partial charge is 0.229 e. The normalized spacial score (nSPS) is 20.3. The lowest BCUT2D eigenvalue weighted by Gasteiger charge is -2.26. The molecule has 0 spiro atoms. The van der Waals surface area contributed by atoms with Crippen LogP contribution >= 0.6 is 35.7 Å². The molecular formula is C20H29IN4O2S. The number of benzene rings is 1. The lowest BCUT2D eigenvalue weighted by molar-refractivity contribution is -0.147. The minimum Gasteiger partial charge on any atom is -0.354 e. The number of nitrogens with zero attached hydrogens (tertiary/aromatic N) is 3. The first-order valence-corrected chi connectivity index (χ1v) is 10.6. The standard InChI is InChI=1S/C20H28N4O2S.HI/c1-21-20(22-11-13-24-18(25)8-5-9-19(24)26)23-12-10-16(14-23)15-27-17-6-3-2-4-7-17;/h2-4,6-7,16H,5,8-15H2,1H3,(H,21,22);1H. The lowest BCUT2D eigenvalue weighted by Crippen LogP contribution is -2.47.